The fourth-order valence-corrected chi connectivity index (χ4v) is 1.94. The van der Waals surface area contributed by atoms with Crippen molar-refractivity contribution in [2.75, 3.05) is 0 Å². The Labute approximate surface area is 78.0 Å². The maximum absolute atomic E-state index is 8.61. The van der Waals surface area contributed by atoms with Crippen LogP contribution in [0.5, 0.6) is 0 Å². The standard InChI is InChI=1S/C10H13N3/c1-10(2)5-9-8(3-4-11)6-12-13(9)7-10/h6H,3,5,7H2,1-2H3. The second-order valence-corrected chi connectivity index (χ2v) is 4.45. The second-order valence-electron chi connectivity index (χ2n) is 4.45. The van der Waals surface area contributed by atoms with Crippen molar-refractivity contribution in [2.24, 2.45) is 5.41 Å². The molecule has 2 heterocycles. The van der Waals surface area contributed by atoms with E-state index < -0.39 is 0 Å². The molecule has 1 aromatic rings. The third-order valence-corrected chi connectivity index (χ3v) is 2.53. The van der Waals surface area contributed by atoms with E-state index in [2.05, 4.69) is 25.0 Å². The molecule has 13 heavy (non-hydrogen) atoms. The van der Waals surface area contributed by atoms with E-state index in [0.717, 1.165) is 18.5 Å². The number of aromatic nitrogens is 2. The first-order valence-corrected chi connectivity index (χ1v) is 4.53. The van der Waals surface area contributed by atoms with E-state index in [-0.39, 0.29) is 0 Å². The Balaban J connectivity index is 2.33. The first-order valence-electron chi connectivity index (χ1n) is 4.53. The van der Waals surface area contributed by atoms with Crippen LogP contribution in [0.15, 0.2) is 6.20 Å². The lowest BCUT2D eigenvalue weighted by atomic mass is 9.90. The zero-order chi connectivity index (χ0) is 9.47. The van der Waals surface area contributed by atoms with Crippen molar-refractivity contribution in [3.63, 3.8) is 0 Å². The molecule has 3 nitrogen and oxygen atoms in total. The third kappa shape index (κ3) is 1.33. The van der Waals surface area contributed by atoms with Crippen LogP contribution < -0.4 is 0 Å². The molecule has 3 heteroatoms. The lowest BCUT2D eigenvalue weighted by molar-refractivity contribution is 0.346. The highest BCUT2D eigenvalue weighted by Gasteiger charge is 2.30. The van der Waals surface area contributed by atoms with Crippen molar-refractivity contribution in [3.8, 4) is 6.07 Å². The number of fused-ring (bicyclic) bond motifs is 1. The maximum Gasteiger partial charge on any atom is 0.0671 e. The Morgan fingerprint density at radius 3 is 3.15 bits per heavy atom. The molecule has 68 valence electrons. The van der Waals surface area contributed by atoms with Gasteiger partial charge in [-0.3, -0.25) is 4.68 Å². The molecule has 1 aromatic heterocycles. The summed E-state index contributed by atoms with van der Waals surface area (Å²) >= 11 is 0. The van der Waals surface area contributed by atoms with Gasteiger partial charge in [0, 0.05) is 17.8 Å². The normalized spacial score (nSPS) is 18.2. The summed E-state index contributed by atoms with van der Waals surface area (Å²) in [5.74, 6) is 0. The Morgan fingerprint density at radius 2 is 2.46 bits per heavy atom. The van der Waals surface area contributed by atoms with Gasteiger partial charge in [-0.15, -0.1) is 0 Å². The van der Waals surface area contributed by atoms with Crippen molar-refractivity contribution >= 4 is 0 Å². The Bertz CT molecular complexity index is 368. The molecular weight excluding hydrogens is 162 g/mol. The molecule has 0 N–H and O–H groups in total. The molecule has 0 aliphatic carbocycles. The molecule has 0 unspecified atom stereocenters. The van der Waals surface area contributed by atoms with Crippen molar-refractivity contribution in [1.29, 1.82) is 5.26 Å². The maximum atomic E-state index is 8.61. The van der Waals surface area contributed by atoms with Gasteiger partial charge in [0.1, 0.15) is 0 Å². The lowest BCUT2D eigenvalue weighted by Gasteiger charge is -2.14. The summed E-state index contributed by atoms with van der Waals surface area (Å²) in [6, 6.07) is 2.17. The fourth-order valence-electron chi connectivity index (χ4n) is 1.94. The van der Waals surface area contributed by atoms with E-state index in [0.29, 0.717) is 11.8 Å². The predicted molar refractivity (Wildman–Crippen MR) is 49.0 cm³/mol. The van der Waals surface area contributed by atoms with Gasteiger partial charge in [-0.1, -0.05) is 13.8 Å². The molecular formula is C10H13N3. The van der Waals surface area contributed by atoms with Crippen LogP contribution in [-0.2, 0) is 19.4 Å². The quantitative estimate of drug-likeness (QED) is 0.649. The van der Waals surface area contributed by atoms with Crippen molar-refractivity contribution in [3.05, 3.63) is 17.5 Å². The van der Waals surface area contributed by atoms with Crippen LogP contribution in [0.2, 0.25) is 0 Å². The summed E-state index contributed by atoms with van der Waals surface area (Å²) in [6.07, 6.45) is 3.36. The summed E-state index contributed by atoms with van der Waals surface area (Å²) in [6.45, 7) is 5.45. The summed E-state index contributed by atoms with van der Waals surface area (Å²) in [7, 11) is 0. The Morgan fingerprint density at radius 1 is 1.69 bits per heavy atom. The van der Waals surface area contributed by atoms with Gasteiger partial charge in [-0.25, -0.2) is 0 Å². The molecule has 2 rings (SSSR count). The lowest BCUT2D eigenvalue weighted by Crippen LogP contribution is -2.12. The van der Waals surface area contributed by atoms with Crippen LogP contribution in [0.3, 0.4) is 0 Å². The summed E-state index contributed by atoms with van der Waals surface area (Å²) in [5, 5.41) is 12.9. The molecule has 0 bridgehead atoms. The van der Waals surface area contributed by atoms with Gasteiger partial charge in [-0.2, -0.15) is 10.4 Å². The first-order chi connectivity index (χ1) is 6.12. The van der Waals surface area contributed by atoms with Crippen LogP contribution >= 0.6 is 0 Å². The monoisotopic (exact) mass is 175 g/mol. The van der Waals surface area contributed by atoms with Crippen LogP contribution in [0.4, 0.5) is 0 Å². The first kappa shape index (κ1) is 8.31. The predicted octanol–water partition coefficient (Wildman–Crippen LogP) is 1.53. The van der Waals surface area contributed by atoms with Crippen LogP contribution in [0.1, 0.15) is 25.1 Å². The molecule has 0 radical (unpaired) electrons. The minimum absolute atomic E-state index is 0.313. The van der Waals surface area contributed by atoms with Gasteiger partial charge in [0.15, 0.2) is 0 Å². The van der Waals surface area contributed by atoms with E-state index in [1.807, 2.05) is 10.9 Å². The number of hydrogen-bond donors (Lipinski definition) is 0. The minimum atomic E-state index is 0.313. The van der Waals surface area contributed by atoms with Gasteiger partial charge < -0.3 is 0 Å². The van der Waals surface area contributed by atoms with Gasteiger partial charge in [0.2, 0.25) is 0 Å². The molecule has 0 saturated heterocycles. The minimum Gasteiger partial charge on any atom is -0.269 e. The zero-order valence-electron chi connectivity index (χ0n) is 8.04. The molecule has 0 aromatic carbocycles. The topological polar surface area (TPSA) is 41.6 Å². The van der Waals surface area contributed by atoms with Crippen molar-refractivity contribution in [1.82, 2.24) is 9.78 Å². The van der Waals surface area contributed by atoms with Gasteiger partial charge >= 0.3 is 0 Å². The van der Waals surface area contributed by atoms with E-state index in [9.17, 15) is 0 Å². The van der Waals surface area contributed by atoms with Crippen LogP contribution in [0.25, 0.3) is 0 Å². The molecule has 1 aliphatic rings. The number of nitrogens with zero attached hydrogens (tertiary/aromatic N) is 3. The van der Waals surface area contributed by atoms with Crippen molar-refractivity contribution < 1.29 is 0 Å². The van der Waals surface area contributed by atoms with E-state index in [1.165, 1.54) is 5.69 Å². The molecule has 1 aliphatic heterocycles. The van der Waals surface area contributed by atoms with Gasteiger partial charge in [-0.05, 0) is 11.8 Å². The number of hydrogen-bond acceptors (Lipinski definition) is 2. The molecule has 0 atom stereocenters. The highest BCUT2D eigenvalue weighted by molar-refractivity contribution is 5.24. The Hall–Kier alpha value is -1.30. The molecule has 0 saturated carbocycles. The second kappa shape index (κ2) is 2.59. The smallest absolute Gasteiger partial charge is 0.0671 e. The van der Waals surface area contributed by atoms with E-state index in [4.69, 9.17) is 5.26 Å². The third-order valence-electron chi connectivity index (χ3n) is 2.53. The van der Waals surface area contributed by atoms with Crippen LogP contribution in [-0.4, -0.2) is 9.78 Å². The zero-order valence-corrected chi connectivity index (χ0v) is 8.04. The van der Waals surface area contributed by atoms with E-state index >= 15 is 0 Å². The number of nitriles is 1. The van der Waals surface area contributed by atoms with E-state index in [1.54, 1.807) is 0 Å². The average Bonchev–Trinajstić information content (AvgIpc) is 2.48. The van der Waals surface area contributed by atoms with Gasteiger partial charge in [0.05, 0.1) is 18.7 Å². The largest absolute Gasteiger partial charge is 0.269 e. The summed E-state index contributed by atoms with van der Waals surface area (Å²) in [5.41, 5.74) is 2.67. The molecule has 0 amide bonds. The van der Waals surface area contributed by atoms with Crippen LogP contribution in [0, 0.1) is 16.7 Å². The Kier molecular flexibility index (Phi) is 1.66. The fraction of sp³-hybridized carbons (Fsp3) is 0.600. The highest BCUT2D eigenvalue weighted by atomic mass is 15.3. The number of rotatable bonds is 1. The molecule has 0 fully saturated rings. The summed E-state index contributed by atoms with van der Waals surface area (Å²) in [4.78, 5) is 0. The average molecular weight is 175 g/mol. The molecule has 0 spiro atoms. The van der Waals surface area contributed by atoms with Crippen molar-refractivity contribution in [2.45, 2.75) is 33.2 Å². The van der Waals surface area contributed by atoms with Gasteiger partial charge in [0.25, 0.3) is 0 Å². The highest BCUT2D eigenvalue weighted by Crippen LogP contribution is 2.32. The SMILES string of the molecule is CC1(C)Cc2c(CC#N)cnn2C1. The summed E-state index contributed by atoms with van der Waals surface area (Å²) < 4.78 is 2.03.